The Morgan fingerprint density at radius 1 is 1.35 bits per heavy atom. The predicted molar refractivity (Wildman–Crippen MR) is 81.8 cm³/mol. The van der Waals surface area contributed by atoms with E-state index in [1.54, 1.807) is 18.0 Å². The molecule has 0 aliphatic rings. The molecule has 2 aromatic rings. The van der Waals surface area contributed by atoms with Crippen LogP contribution in [0.4, 0.5) is 0 Å². The van der Waals surface area contributed by atoms with Gasteiger partial charge in [0.2, 0.25) is 5.91 Å². The van der Waals surface area contributed by atoms with E-state index >= 15 is 0 Å². The molecule has 1 aromatic heterocycles. The van der Waals surface area contributed by atoms with E-state index in [9.17, 15) is 4.79 Å². The van der Waals surface area contributed by atoms with Crippen molar-refractivity contribution < 1.29 is 9.21 Å². The molecule has 106 valence electrons. The topological polar surface area (TPSA) is 42.2 Å². The predicted octanol–water partition coefficient (Wildman–Crippen LogP) is 3.69. The first-order valence-electron chi connectivity index (χ1n) is 6.60. The Kier molecular flexibility index (Phi) is 4.90. The largest absolute Gasteiger partial charge is 0.467 e. The smallest absolute Gasteiger partial charge is 0.233 e. The average Bonchev–Trinajstić information content (AvgIpc) is 2.93. The van der Waals surface area contributed by atoms with Crippen LogP contribution in [0.2, 0.25) is 0 Å². The monoisotopic (exact) mass is 289 g/mol. The molecule has 20 heavy (non-hydrogen) atoms. The van der Waals surface area contributed by atoms with Crippen molar-refractivity contribution in [2.45, 2.75) is 37.5 Å². The number of benzene rings is 1. The van der Waals surface area contributed by atoms with Crippen LogP contribution >= 0.6 is 11.8 Å². The quantitative estimate of drug-likeness (QED) is 0.854. The van der Waals surface area contributed by atoms with E-state index in [1.165, 1.54) is 11.1 Å². The van der Waals surface area contributed by atoms with Crippen LogP contribution in [0, 0.1) is 13.8 Å². The summed E-state index contributed by atoms with van der Waals surface area (Å²) in [5.41, 5.74) is 2.41. The van der Waals surface area contributed by atoms with Crippen molar-refractivity contribution in [1.82, 2.24) is 5.32 Å². The number of hydrogen-bond acceptors (Lipinski definition) is 3. The zero-order valence-electron chi connectivity index (χ0n) is 12.0. The van der Waals surface area contributed by atoms with Gasteiger partial charge in [-0.1, -0.05) is 17.7 Å². The first kappa shape index (κ1) is 14.7. The lowest BCUT2D eigenvalue weighted by atomic mass is 10.2. The maximum absolute atomic E-state index is 12.1. The molecule has 3 nitrogen and oxygen atoms in total. The first-order chi connectivity index (χ1) is 9.56. The SMILES string of the molecule is Cc1ccc(C)c(S[C@H](C)C(=O)NCc2ccco2)c1. The van der Waals surface area contributed by atoms with E-state index in [0.717, 1.165) is 10.7 Å². The highest BCUT2D eigenvalue weighted by molar-refractivity contribution is 8.00. The van der Waals surface area contributed by atoms with Gasteiger partial charge in [-0.15, -0.1) is 11.8 Å². The lowest BCUT2D eigenvalue weighted by Crippen LogP contribution is -2.30. The minimum Gasteiger partial charge on any atom is -0.467 e. The third-order valence-electron chi connectivity index (χ3n) is 3.03. The summed E-state index contributed by atoms with van der Waals surface area (Å²) in [7, 11) is 0. The van der Waals surface area contributed by atoms with E-state index < -0.39 is 0 Å². The molecule has 1 amide bonds. The maximum Gasteiger partial charge on any atom is 0.233 e. The molecule has 0 unspecified atom stereocenters. The molecular formula is C16H19NO2S. The standard InChI is InChI=1S/C16H19NO2S/c1-11-6-7-12(2)15(9-11)20-13(3)16(18)17-10-14-5-4-8-19-14/h4-9,13H,10H2,1-3H3,(H,17,18)/t13-/m1/s1. The molecule has 0 bridgehead atoms. The van der Waals surface area contributed by atoms with E-state index in [4.69, 9.17) is 4.42 Å². The summed E-state index contributed by atoms with van der Waals surface area (Å²) in [6, 6.07) is 9.96. The summed E-state index contributed by atoms with van der Waals surface area (Å²) in [6.07, 6.45) is 1.61. The van der Waals surface area contributed by atoms with Crippen LogP contribution in [0.3, 0.4) is 0 Å². The van der Waals surface area contributed by atoms with Gasteiger partial charge < -0.3 is 9.73 Å². The van der Waals surface area contributed by atoms with E-state index in [-0.39, 0.29) is 11.2 Å². The van der Waals surface area contributed by atoms with Crippen LogP contribution in [0.5, 0.6) is 0 Å². The first-order valence-corrected chi connectivity index (χ1v) is 7.48. The summed E-state index contributed by atoms with van der Waals surface area (Å²) in [5.74, 6) is 0.787. The van der Waals surface area contributed by atoms with Crippen LogP contribution in [-0.4, -0.2) is 11.2 Å². The normalized spacial score (nSPS) is 12.2. The summed E-state index contributed by atoms with van der Waals surface area (Å²) in [6.45, 7) is 6.48. The van der Waals surface area contributed by atoms with E-state index in [1.807, 2.05) is 19.1 Å². The Morgan fingerprint density at radius 3 is 2.85 bits per heavy atom. The molecule has 2 rings (SSSR count). The van der Waals surface area contributed by atoms with Gasteiger partial charge in [0.25, 0.3) is 0 Å². The number of furan rings is 1. The van der Waals surface area contributed by atoms with Gasteiger partial charge >= 0.3 is 0 Å². The molecule has 0 fully saturated rings. The molecule has 0 saturated heterocycles. The van der Waals surface area contributed by atoms with Crippen LogP contribution in [-0.2, 0) is 11.3 Å². The fourth-order valence-corrected chi connectivity index (χ4v) is 2.89. The van der Waals surface area contributed by atoms with Gasteiger partial charge in [0.15, 0.2) is 0 Å². The number of aryl methyl sites for hydroxylation is 2. The fraction of sp³-hybridized carbons (Fsp3) is 0.312. The molecular weight excluding hydrogens is 270 g/mol. The van der Waals surface area contributed by atoms with Gasteiger partial charge in [-0.05, 0) is 44.5 Å². The Bertz CT molecular complexity index is 578. The summed E-state index contributed by atoms with van der Waals surface area (Å²) < 4.78 is 5.20. The Morgan fingerprint density at radius 2 is 2.15 bits per heavy atom. The molecule has 1 heterocycles. The minimum atomic E-state index is -0.134. The molecule has 0 aliphatic heterocycles. The van der Waals surface area contributed by atoms with Crippen LogP contribution in [0.15, 0.2) is 45.9 Å². The number of carbonyl (C=O) groups is 1. The van der Waals surface area contributed by atoms with Gasteiger partial charge in [-0.2, -0.15) is 0 Å². The number of nitrogens with one attached hydrogen (secondary N) is 1. The molecule has 1 N–H and O–H groups in total. The fourth-order valence-electron chi connectivity index (χ4n) is 1.81. The Hall–Kier alpha value is -1.68. The minimum absolute atomic E-state index is 0.0207. The number of hydrogen-bond donors (Lipinski definition) is 1. The van der Waals surface area contributed by atoms with Crippen molar-refractivity contribution in [2.24, 2.45) is 0 Å². The van der Waals surface area contributed by atoms with Crippen molar-refractivity contribution in [1.29, 1.82) is 0 Å². The van der Waals surface area contributed by atoms with Crippen LogP contribution in [0.25, 0.3) is 0 Å². The van der Waals surface area contributed by atoms with Crippen molar-refractivity contribution in [3.63, 3.8) is 0 Å². The maximum atomic E-state index is 12.1. The molecule has 1 aromatic carbocycles. The Balaban J connectivity index is 1.92. The van der Waals surface area contributed by atoms with Crippen LogP contribution in [0.1, 0.15) is 23.8 Å². The number of carbonyl (C=O) groups excluding carboxylic acids is 1. The van der Waals surface area contributed by atoms with E-state index in [2.05, 4.69) is 37.4 Å². The third-order valence-corrected chi connectivity index (χ3v) is 4.29. The van der Waals surface area contributed by atoms with Gasteiger partial charge in [0.1, 0.15) is 5.76 Å². The highest BCUT2D eigenvalue weighted by atomic mass is 32.2. The Labute approximate surface area is 123 Å². The highest BCUT2D eigenvalue weighted by Crippen LogP contribution is 2.27. The summed E-state index contributed by atoms with van der Waals surface area (Å²) in [4.78, 5) is 13.2. The molecule has 1 atom stereocenters. The lowest BCUT2D eigenvalue weighted by Gasteiger charge is -2.13. The van der Waals surface area contributed by atoms with Gasteiger partial charge in [0.05, 0.1) is 18.1 Å². The van der Waals surface area contributed by atoms with Crippen molar-refractivity contribution in [3.8, 4) is 0 Å². The number of rotatable bonds is 5. The second-order valence-corrected chi connectivity index (χ2v) is 6.21. The molecule has 0 spiro atoms. The van der Waals surface area contributed by atoms with Crippen LogP contribution < -0.4 is 5.32 Å². The molecule has 0 saturated carbocycles. The summed E-state index contributed by atoms with van der Waals surface area (Å²) >= 11 is 1.59. The third kappa shape index (κ3) is 3.90. The zero-order chi connectivity index (χ0) is 14.5. The van der Waals surface area contributed by atoms with Crippen molar-refractivity contribution in [3.05, 3.63) is 53.5 Å². The number of amides is 1. The van der Waals surface area contributed by atoms with Gasteiger partial charge in [-0.25, -0.2) is 0 Å². The molecule has 0 aliphatic carbocycles. The second kappa shape index (κ2) is 6.66. The average molecular weight is 289 g/mol. The van der Waals surface area contributed by atoms with Crippen molar-refractivity contribution >= 4 is 17.7 Å². The van der Waals surface area contributed by atoms with E-state index in [0.29, 0.717) is 6.54 Å². The van der Waals surface area contributed by atoms with Crippen molar-refractivity contribution in [2.75, 3.05) is 0 Å². The lowest BCUT2D eigenvalue weighted by molar-refractivity contribution is -0.120. The number of thioether (sulfide) groups is 1. The molecule has 4 heteroatoms. The second-order valence-electron chi connectivity index (χ2n) is 4.83. The molecule has 0 radical (unpaired) electrons. The summed E-state index contributed by atoms with van der Waals surface area (Å²) in [5, 5.41) is 2.75. The zero-order valence-corrected chi connectivity index (χ0v) is 12.8. The van der Waals surface area contributed by atoms with Gasteiger partial charge in [0, 0.05) is 4.90 Å². The highest BCUT2D eigenvalue weighted by Gasteiger charge is 2.15. The van der Waals surface area contributed by atoms with Gasteiger partial charge in [-0.3, -0.25) is 4.79 Å².